The number of nitrogens with one attached hydrogen (secondary N) is 1. The van der Waals surface area contributed by atoms with E-state index in [-0.39, 0.29) is 11.4 Å². The summed E-state index contributed by atoms with van der Waals surface area (Å²) in [6.07, 6.45) is -4.83. The first kappa shape index (κ1) is 23.8. The smallest absolute Gasteiger partial charge is 0.422 e. The molecular formula is C17H15ClF7N3O2. The van der Waals surface area contributed by atoms with E-state index in [1.807, 2.05) is 0 Å². The molecule has 1 amide bonds. The van der Waals surface area contributed by atoms with Gasteiger partial charge in [-0.2, -0.15) is 27.1 Å². The SMILES string of the molecule is CCc1nn(C)c(CC(=O)NCc2c(F)c(F)c(OCC(F)(F)F)c(F)c2F)c1Cl. The number of carbonyl (C=O) groups is 1. The molecule has 1 N–H and O–H groups in total. The quantitative estimate of drug-likeness (QED) is 0.501. The fourth-order valence-electron chi connectivity index (χ4n) is 2.51. The molecule has 2 rings (SSSR count). The second-order valence-corrected chi connectivity index (χ2v) is 6.48. The number of benzene rings is 1. The standard InChI is InChI=1S/C17H15ClF7N3O2/c1-3-8-11(18)9(28(2)27-8)4-10(29)26-5-7-12(19)14(21)16(15(22)13(7)20)30-6-17(23,24)25/h3-6H2,1-2H3,(H,26,29). The zero-order valence-corrected chi connectivity index (χ0v) is 16.3. The van der Waals surface area contributed by atoms with Crippen LogP contribution in [0.15, 0.2) is 0 Å². The maximum atomic E-state index is 14.0. The summed E-state index contributed by atoms with van der Waals surface area (Å²) in [5.74, 6) is -10.9. The Morgan fingerprint density at radius 3 is 2.17 bits per heavy atom. The molecule has 1 aromatic carbocycles. The van der Waals surface area contributed by atoms with Gasteiger partial charge in [0.15, 0.2) is 24.0 Å². The lowest BCUT2D eigenvalue weighted by molar-refractivity contribution is -0.154. The molecule has 0 unspecified atom stereocenters. The minimum absolute atomic E-state index is 0.232. The third-order valence-electron chi connectivity index (χ3n) is 3.99. The van der Waals surface area contributed by atoms with Crippen LogP contribution < -0.4 is 10.1 Å². The van der Waals surface area contributed by atoms with Crippen molar-refractivity contribution in [1.82, 2.24) is 15.1 Å². The molecule has 0 aliphatic carbocycles. The van der Waals surface area contributed by atoms with Gasteiger partial charge < -0.3 is 10.1 Å². The number of halogens is 8. The van der Waals surface area contributed by atoms with Crippen LogP contribution in [0.3, 0.4) is 0 Å². The highest BCUT2D eigenvalue weighted by Crippen LogP contribution is 2.31. The first-order chi connectivity index (χ1) is 13.9. The van der Waals surface area contributed by atoms with E-state index in [1.54, 1.807) is 6.92 Å². The van der Waals surface area contributed by atoms with E-state index in [2.05, 4.69) is 15.2 Å². The fourth-order valence-corrected chi connectivity index (χ4v) is 2.87. The van der Waals surface area contributed by atoms with Crippen LogP contribution in [0.5, 0.6) is 5.75 Å². The molecule has 0 radical (unpaired) electrons. The number of nitrogens with zero attached hydrogens (tertiary/aromatic N) is 2. The van der Waals surface area contributed by atoms with Gasteiger partial charge in [0.25, 0.3) is 0 Å². The van der Waals surface area contributed by atoms with Gasteiger partial charge in [0, 0.05) is 19.2 Å². The van der Waals surface area contributed by atoms with Crippen LogP contribution in [-0.2, 0) is 31.2 Å². The maximum absolute atomic E-state index is 14.0. The molecule has 2 aromatic rings. The van der Waals surface area contributed by atoms with Crippen LogP contribution in [0, 0.1) is 23.3 Å². The summed E-state index contributed by atoms with van der Waals surface area (Å²) in [6.45, 7) is -1.34. The van der Waals surface area contributed by atoms with Crippen molar-refractivity contribution in [3.63, 3.8) is 0 Å². The van der Waals surface area contributed by atoms with Crippen LogP contribution in [0.1, 0.15) is 23.9 Å². The topological polar surface area (TPSA) is 56.2 Å². The highest BCUT2D eigenvalue weighted by atomic mass is 35.5. The van der Waals surface area contributed by atoms with E-state index in [0.29, 0.717) is 17.8 Å². The van der Waals surface area contributed by atoms with Crippen molar-refractivity contribution < 1.29 is 40.3 Å². The summed E-state index contributed by atoms with van der Waals surface area (Å²) < 4.78 is 97.4. The molecule has 0 aliphatic rings. The largest absolute Gasteiger partial charge is 0.478 e. The van der Waals surface area contributed by atoms with E-state index in [0.717, 1.165) is 0 Å². The summed E-state index contributed by atoms with van der Waals surface area (Å²) in [7, 11) is 1.53. The summed E-state index contributed by atoms with van der Waals surface area (Å²) in [4.78, 5) is 12.1. The predicted molar refractivity (Wildman–Crippen MR) is 91.0 cm³/mol. The summed E-state index contributed by atoms with van der Waals surface area (Å²) in [5.41, 5.74) is -0.388. The second kappa shape index (κ2) is 9.11. The number of aryl methyl sites for hydroxylation is 2. The minimum atomic E-state index is -4.98. The Labute approximate surface area is 170 Å². The van der Waals surface area contributed by atoms with E-state index < -0.39 is 59.8 Å². The monoisotopic (exact) mass is 461 g/mol. The van der Waals surface area contributed by atoms with Crippen molar-refractivity contribution in [2.45, 2.75) is 32.5 Å². The number of ether oxygens (including phenoxy) is 1. The second-order valence-electron chi connectivity index (χ2n) is 6.11. The number of aromatic nitrogens is 2. The molecule has 166 valence electrons. The maximum Gasteiger partial charge on any atom is 0.422 e. The predicted octanol–water partition coefficient (Wildman–Crippen LogP) is 3.99. The lowest BCUT2D eigenvalue weighted by Gasteiger charge is -2.14. The van der Waals surface area contributed by atoms with E-state index in [9.17, 15) is 35.5 Å². The van der Waals surface area contributed by atoms with Gasteiger partial charge in [-0.25, -0.2) is 8.78 Å². The highest BCUT2D eigenvalue weighted by Gasteiger charge is 2.32. The van der Waals surface area contributed by atoms with Gasteiger partial charge in [0.2, 0.25) is 17.5 Å². The number of hydrogen-bond acceptors (Lipinski definition) is 3. The molecule has 13 heteroatoms. The molecule has 5 nitrogen and oxygen atoms in total. The lowest BCUT2D eigenvalue weighted by Crippen LogP contribution is -2.27. The Balaban J connectivity index is 2.17. The van der Waals surface area contributed by atoms with Crippen LogP contribution in [0.25, 0.3) is 0 Å². The zero-order valence-electron chi connectivity index (χ0n) is 15.6. The number of alkyl halides is 3. The number of hydrogen-bond donors (Lipinski definition) is 1. The summed E-state index contributed by atoms with van der Waals surface area (Å²) >= 11 is 6.09. The third-order valence-corrected chi connectivity index (χ3v) is 4.42. The molecule has 1 aromatic heterocycles. The van der Waals surface area contributed by atoms with Crippen LogP contribution in [-0.4, -0.2) is 28.5 Å². The van der Waals surface area contributed by atoms with Gasteiger partial charge >= 0.3 is 6.18 Å². The van der Waals surface area contributed by atoms with Gasteiger partial charge in [0.1, 0.15) is 0 Å². The van der Waals surface area contributed by atoms with Crippen molar-refractivity contribution >= 4 is 17.5 Å². The number of rotatable bonds is 7. The van der Waals surface area contributed by atoms with Crippen LogP contribution >= 0.6 is 11.6 Å². The van der Waals surface area contributed by atoms with Crippen molar-refractivity contribution in [2.75, 3.05) is 6.61 Å². The lowest BCUT2D eigenvalue weighted by atomic mass is 10.1. The van der Waals surface area contributed by atoms with E-state index in [4.69, 9.17) is 11.6 Å². The third kappa shape index (κ3) is 5.15. The summed E-state index contributed by atoms with van der Waals surface area (Å²) in [6, 6.07) is 0. The van der Waals surface area contributed by atoms with Gasteiger partial charge in [-0.15, -0.1) is 0 Å². The highest BCUT2D eigenvalue weighted by molar-refractivity contribution is 6.32. The first-order valence-electron chi connectivity index (χ1n) is 8.38. The number of carbonyl (C=O) groups excluding carboxylic acids is 1. The molecule has 1 heterocycles. The van der Waals surface area contributed by atoms with E-state index in [1.165, 1.54) is 11.7 Å². The Morgan fingerprint density at radius 2 is 1.70 bits per heavy atom. The van der Waals surface area contributed by atoms with Crippen LogP contribution in [0.4, 0.5) is 30.7 Å². The molecule has 0 fully saturated rings. The average Bonchev–Trinajstić information content (AvgIpc) is 2.93. The Hall–Kier alpha value is -2.50. The molecule has 0 atom stereocenters. The summed E-state index contributed by atoms with van der Waals surface area (Å²) in [5, 5.41) is 6.39. The molecular weight excluding hydrogens is 447 g/mol. The van der Waals surface area contributed by atoms with Crippen molar-refractivity contribution in [2.24, 2.45) is 7.05 Å². The van der Waals surface area contributed by atoms with Gasteiger partial charge in [0.05, 0.1) is 22.8 Å². The Bertz CT molecular complexity index is 931. The minimum Gasteiger partial charge on any atom is -0.478 e. The molecule has 0 bridgehead atoms. The van der Waals surface area contributed by atoms with Crippen LogP contribution in [0.2, 0.25) is 5.02 Å². The molecule has 0 aliphatic heterocycles. The van der Waals surface area contributed by atoms with E-state index >= 15 is 0 Å². The number of amides is 1. The van der Waals surface area contributed by atoms with Crippen molar-refractivity contribution in [3.8, 4) is 5.75 Å². The molecule has 0 spiro atoms. The van der Waals surface area contributed by atoms with Crippen molar-refractivity contribution in [3.05, 3.63) is 45.2 Å². The first-order valence-corrected chi connectivity index (χ1v) is 8.76. The van der Waals surface area contributed by atoms with Crippen molar-refractivity contribution in [1.29, 1.82) is 0 Å². The normalized spacial score (nSPS) is 11.7. The van der Waals surface area contributed by atoms with Gasteiger partial charge in [-0.05, 0) is 6.42 Å². The zero-order chi connectivity index (χ0) is 22.8. The Kier molecular flexibility index (Phi) is 7.22. The van der Waals surface area contributed by atoms with Gasteiger partial charge in [-0.3, -0.25) is 9.48 Å². The molecule has 0 saturated carbocycles. The Morgan fingerprint density at radius 1 is 1.13 bits per heavy atom. The van der Waals surface area contributed by atoms with Gasteiger partial charge in [-0.1, -0.05) is 18.5 Å². The average molecular weight is 462 g/mol. The molecule has 30 heavy (non-hydrogen) atoms. The molecule has 0 saturated heterocycles. The fraction of sp³-hybridized carbons (Fsp3) is 0.412.